The van der Waals surface area contributed by atoms with Gasteiger partial charge in [-0.3, -0.25) is 10.2 Å². The lowest BCUT2D eigenvalue weighted by atomic mass is 9.90. The number of carbonyl (C=O) groups is 1. The van der Waals surface area contributed by atoms with E-state index in [-0.39, 0.29) is 29.6 Å². The summed E-state index contributed by atoms with van der Waals surface area (Å²) in [6, 6.07) is 22.3. The summed E-state index contributed by atoms with van der Waals surface area (Å²) < 4.78 is 37.9. The number of halogens is 1. The van der Waals surface area contributed by atoms with Crippen molar-refractivity contribution in [1.29, 1.82) is 0 Å². The number of rotatable bonds is 13. The van der Waals surface area contributed by atoms with Gasteiger partial charge in [-0.2, -0.15) is 0 Å². The van der Waals surface area contributed by atoms with Gasteiger partial charge in [0, 0.05) is 30.2 Å². The molecule has 0 spiro atoms. The van der Waals surface area contributed by atoms with Gasteiger partial charge in [-0.1, -0.05) is 41.9 Å². The SMILES string of the molecule is C[C@@H]1OC(c2ccc(OCCCO)cc2)=N[C@]1(CCS(=O)(=O)c1ccccc1)C(=O)NNCc1cccc(Cl)c1. The second-order valence-electron chi connectivity index (χ2n) is 9.37. The topological polar surface area (TPSA) is 126 Å². The van der Waals surface area contributed by atoms with Gasteiger partial charge in [0.05, 0.1) is 17.3 Å². The maximum atomic E-state index is 13.6. The number of nitrogens with zero attached hydrogens (tertiary/aromatic N) is 1. The fourth-order valence-electron chi connectivity index (χ4n) is 4.27. The lowest BCUT2D eigenvalue weighted by molar-refractivity contribution is -0.129. The molecule has 0 bridgehead atoms. The maximum absolute atomic E-state index is 13.6. The molecule has 0 saturated heterocycles. The predicted molar refractivity (Wildman–Crippen MR) is 153 cm³/mol. The van der Waals surface area contributed by atoms with Crippen LogP contribution in [-0.4, -0.2) is 55.9 Å². The molecule has 0 unspecified atom stereocenters. The largest absolute Gasteiger partial charge is 0.494 e. The molecule has 212 valence electrons. The van der Waals surface area contributed by atoms with E-state index in [9.17, 15) is 13.2 Å². The second-order valence-corrected chi connectivity index (χ2v) is 11.9. The van der Waals surface area contributed by atoms with Crippen LogP contribution in [0.3, 0.4) is 0 Å². The molecule has 4 rings (SSSR count). The number of benzene rings is 3. The number of aliphatic hydroxyl groups excluding tert-OH is 1. The summed E-state index contributed by atoms with van der Waals surface area (Å²) >= 11 is 6.06. The van der Waals surface area contributed by atoms with Crippen LogP contribution in [-0.2, 0) is 25.9 Å². The summed E-state index contributed by atoms with van der Waals surface area (Å²) in [4.78, 5) is 18.5. The summed E-state index contributed by atoms with van der Waals surface area (Å²) in [7, 11) is -3.68. The van der Waals surface area contributed by atoms with Crippen molar-refractivity contribution in [2.75, 3.05) is 19.0 Å². The Labute approximate surface area is 239 Å². The Morgan fingerprint density at radius 2 is 1.85 bits per heavy atom. The van der Waals surface area contributed by atoms with Crippen LogP contribution in [0.1, 0.15) is 30.9 Å². The van der Waals surface area contributed by atoms with E-state index < -0.39 is 27.4 Å². The van der Waals surface area contributed by atoms with Crippen molar-refractivity contribution < 1.29 is 27.8 Å². The average molecular weight is 586 g/mol. The molecule has 3 aromatic carbocycles. The lowest BCUT2D eigenvalue weighted by Crippen LogP contribution is -2.55. The molecule has 40 heavy (non-hydrogen) atoms. The highest BCUT2D eigenvalue weighted by Gasteiger charge is 2.50. The minimum atomic E-state index is -3.68. The molecule has 9 nitrogen and oxygen atoms in total. The van der Waals surface area contributed by atoms with Gasteiger partial charge < -0.3 is 14.6 Å². The van der Waals surface area contributed by atoms with Crippen molar-refractivity contribution >= 4 is 33.2 Å². The average Bonchev–Trinajstić information content (AvgIpc) is 3.30. The Bertz CT molecular complexity index is 1430. The third kappa shape index (κ3) is 7.19. The van der Waals surface area contributed by atoms with E-state index in [1.165, 1.54) is 12.1 Å². The van der Waals surface area contributed by atoms with Crippen LogP contribution in [0.15, 0.2) is 88.8 Å². The van der Waals surface area contributed by atoms with E-state index in [0.29, 0.717) is 35.9 Å². The molecule has 1 heterocycles. The summed E-state index contributed by atoms with van der Waals surface area (Å²) in [6.07, 6.45) is -0.326. The highest BCUT2D eigenvalue weighted by Crippen LogP contribution is 2.33. The van der Waals surface area contributed by atoms with Crippen molar-refractivity contribution in [2.24, 2.45) is 4.99 Å². The van der Waals surface area contributed by atoms with E-state index in [0.717, 1.165) is 5.56 Å². The molecule has 3 aromatic rings. The number of aliphatic hydroxyl groups is 1. The monoisotopic (exact) mass is 585 g/mol. The fourth-order valence-corrected chi connectivity index (χ4v) is 5.87. The van der Waals surface area contributed by atoms with E-state index in [2.05, 4.69) is 10.9 Å². The number of ether oxygens (including phenoxy) is 2. The molecule has 0 aromatic heterocycles. The molecule has 1 amide bonds. The third-order valence-corrected chi connectivity index (χ3v) is 8.53. The molecule has 11 heteroatoms. The normalized spacial score (nSPS) is 18.6. The first-order valence-corrected chi connectivity index (χ1v) is 14.9. The third-order valence-electron chi connectivity index (χ3n) is 6.57. The highest BCUT2D eigenvalue weighted by molar-refractivity contribution is 7.91. The Morgan fingerprint density at radius 1 is 1.10 bits per heavy atom. The van der Waals surface area contributed by atoms with Gasteiger partial charge in [0.1, 0.15) is 11.9 Å². The Morgan fingerprint density at radius 3 is 2.55 bits per heavy atom. The van der Waals surface area contributed by atoms with Gasteiger partial charge in [-0.25, -0.2) is 18.8 Å². The number of aliphatic imine (C=N–C) groups is 1. The first-order chi connectivity index (χ1) is 19.2. The summed E-state index contributed by atoms with van der Waals surface area (Å²) in [5.74, 6) is 0.0358. The molecular weight excluding hydrogens is 554 g/mol. The predicted octanol–water partition coefficient (Wildman–Crippen LogP) is 3.69. The van der Waals surface area contributed by atoms with E-state index >= 15 is 0 Å². The number of amides is 1. The summed E-state index contributed by atoms with van der Waals surface area (Å²) in [6.45, 7) is 2.42. The molecule has 0 saturated carbocycles. The van der Waals surface area contributed by atoms with Crippen molar-refractivity contribution in [2.45, 2.75) is 42.8 Å². The maximum Gasteiger partial charge on any atom is 0.266 e. The van der Waals surface area contributed by atoms with Crippen molar-refractivity contribution in [3.05, 3.63) is 95.0 Å². The van der Waals surface area contributed by atoms with Crippen molar-refractivity contribution in [3.63, 3.8) is 0 Å². The zero-order valence-electron chi connectivity index (χ0n) is 22.0. The quantitative estimate of drug-likeness (QED) is 0.206. The number of hydrogen-bond donors (Lipinski definition) is 3. The number of hydrogen-bond acceptors (Lipinski definition) is 8. The molecule has 2 atom stereocenters. The Balaban J connectivity index is 1.56. The van der Waals surface area contributed by atoms with Crippen LogP contribution in [0.2, 0.25) is 5.02 Å². The Hall–Kier alpha value is -3.44. The summed E-state index contributed by atoms with van der Waals surface area (Å²) in [5.41, 5.74) is 5.57. The van der Waals surface area contributed by atoms with Gasteiger partial charge in [0.15, 0.2) is 15.4 Å². The van der Waals surface area contributed by atoms with Gasteiger partial charge in [0.2, 0.25) is 5.90 Å². The lowest BCUT2D eigenvalue weighted by Gasteiger charge is -2.28. The number of sulfone groups is 1. The second kappa shape index (κ2) is 13.3. The Kier molecular flexibility index (Phi) is 9.80. The van der Waals surface area contributed by atoms with Gasteiger partial charge in [-0.15, -0.1) is 0 Å². The van der Waals surface area contributed by atoms with Crippen molar-refractivity contribution in [1.82, 2.24) is 10.9 Å². The van der Waals surface area contributed by atoms with Gasteiger partial charge in [-0.05, 0) is 67.4 Å². The number of nitrogens with one attached hydrogen (secondary N) is 2. The van der Waals surface area contributed by atoms with Crippen LogP contribution in [0.5, 0.6) is 5.75 Å². The van der Waals surface area contributed by atoms with Crippen LogP contribution in [0.25, 0.3) is 0 Å². The van der Waals surface area contributed by atoms with Gasteiger partial charge >= 0.3 is 0 Å². The number of hydrazine groups is 1. The molecule has 3 N–H and O–H groups in total. The van der Waals surface area contributed by atoms with Crippen LogP contribution in [0.4, 0.5) is 0 Å². The standard InChI is InChI=1S/C29H32ClN3O6S/c1-21-29(15-18-40(36,37)26-9-3-2-4-10-26,28(35)33-31-20-22-7-5-8-24(30)19-22)32-27(39-21)23-11-13-25(14-12-23)38-17-6-16-34/h2-5,7-14,19,21,31,34H,6,15-18,20H2,1H3,(H,33,35)/t21-,29-/m0/s1. The van der Waals surface area contributed by atoms with Crippen LogP contribution < -0.4 is 15.6 Å². The zero-order valence-corrected chi connectivity index (χ0v) is 23.6. The first kappa shape index (κ1) is 29.5. The molecule has 1 aliphatic rings. The first-order valence-electron chi connectivity index (χ1n) is 12.9. The molecular formula is C29H32ClN3O6S. The van der Waals surface area contributed by atoms with Crippen molar-refractivity contribution in [3.8, 4) is 5.75 Å². The molecule has 0 fully saturated rings. The van der Waals surface area contributed by atoms with E-state index in [1.807, 2.05) is 12.1 Å². The molecule has 0 radical (unpaired) electrons. The van der Waals surface area contributed by atoms with E-state index in [4.69, 9.17) is 31.2 Å². The zero-order chi connectivity index (χ0) is 28.6. The van der Waals surface area contributed by atoms with Gasteiger partial charge in [0.25, 0.3) is 5.91 Å². The summed E-state index contributed by atoms with van der Waals surface area (Å²) in [5, 5.41) is 9.51. The van der Waals surface area contributed by atoms with Crippen LogP contribution in [0, 0.1) is 0 Å². The van der Waals surface area contributed by atoms with E-state index in [1.54, 1.807) is 61.5 Å². The minimum absolute atomic E-state index is 0.0404. The fraction of sp³-hybridized carbons (Fsp3) is 0.310. The molecule has 1 aliphatic heterocycles. The minimum Gasteiger partial charge on any atom is -0.494 e. The highest BCUT2D eigenvalue weighted by atomic mass is 35.5. The van der Waals surface area contributed by atoms with Crippen LogP contribution >= 0.6 is 11.6 Å². The number of carbonyl (C=O) groups excluding carboxylic acids is 1. The molecule has 0 aliphatic carbocycles. The smallest absolute Gasteiger partial charge is 0.266 e.